The highest BCUT2D eigenvalue weighted by Crippen LogP contribution is 2.41. The van der Waals surface area contributed by atoms with Crippen LogP contribution in [-0.2, 0) is 0 Å². The van der Waals surface area contributed by atoms with Gasteiger partial charge in [0, 0.05) is 18.7 Å². The first kappa shape index (κ1) is 16.5. The second-order valence-corrected chi connectivity index (χ2v) is 7.25. The molecule has 2 aliphatic rings. The van der Waals surface area contributed by atoms with E-state index in [0.29, 0.717) is 31.0 Å². The van der Waals surface area contributed by atoms with Crippen molar-refractivity contribution >= 4 is 17.5 Å². The zero-order chi connectivity index (χ0) is 17.6. The van der Waals surface area contributed by atoms with Gasteiger partial charge in [-0.1, -0.05) is 11.6 Å². The van der Waals surface area contributed by atoms with Crippen LogP contribution in [-0.4, -0.2) is 49.9 Å². The highest BCUT2D eigenvalue weighted by Gasteiger charge is 2.44. The van der Waals surface area contributed by atoms with Crippen LogP contribution in [0.15, 0.2) is 30.9 Å². The van der Waals surface area contributed by atoms with E-state index in [4.69, 9.17) is 11.6 Å². The molecule has 1 aromatic carbocycles. The number of aromatic nitrogens is 3. The molecule has 6 nitrogen and oxygen atoms in total. The van der Waals surface area contributed by atoms with Crippen molar-refractivity contribution in [2.45, 2.75) is 25.0 Å². The van der Waals surface area contributed by atoms with Gasteiger partial charge in [0.05, 0.1) is 17.2 Å². The van der Waals surface area contributed by atoms with Crippen molar-refractivity contribution in [1.29, 1.82) is 0 Å². The number of fused-ring (bicyclic) bond motifs is 1. The highest BCUT2D eigenvalue weighted by molar-refractivity contribution is 6.30. The fourth-order valence-corrected chi connectivity index (χ4v) is 4.18. The van der Waals surface area contributed by atoms with Crippen molar-refractivity contribution in [3.05, 3.63) is 47.3 Å². The lowest BCUT2D eigenvalue weighted by Gasteiger charge is -2.34. The Kier molecular flexibility index (Phi) is 4.21. The van der Waals surface area contributed by atoms with Gasteiger partial charge in [0.25, 0.3) is 5.91 Å². The third-order valence-electron chi connectivity index (χ3n) is 5.34. The molecule has 1 aliphatic heterocycles. The maximum Gasteiger partial charge on any atom is 0.253 e. The number of likely N-dealkylation sites (tertiary alicyclic amines) is 1. The zero-order valence-electron chi connectivity index (χ0n) is 13.4. The number of carbonyl (C=O) groups excluding carboxylic acids is 1. The lowest BCUT2D eigenvalue weighted by molar-refractivity contribution is 0.0304. The monoisotopic (exact) mass is 364 g/mol. The van der Waals surface area contributed by atoms with E-state index in [-0.39, 0.29) is 22.9 Å². The molecule has 1 amide bonds. The van der Waals surface area contributed by atoms with Gasteiger partial charge in [-0.3, -0.25) is 4.79 Å². The third kappa shape index (κ3) is 3.02. The number of amides is 1. The van der Waals surface area contributed by atoms with Gasteiger partial charge >= 0.3 is 0 Å². The Balaban J connectivity index is 1.49. The molecule has 1 aromatic heterocycles. The number of aliphatic hydroxyl groups is 1. The van der Waals surface area contributed by atoms with Crippen LogP contribution in [0.4, 0.5) is 4.39 Å². The van der Waals surface area contributed by atoms with Gasteiger partial charge < -0.3 is 10.0 Å². The molecule has 1 aliphatic carbocycles. The number of nitrogens with zero attached hydrogens (tertiary/aromatic N) is 4. The van der Waals surface area contributed by atoms with E-state index in [9.17, 15) is 14.3 Å². The lowest BCUT2D eigenvalue weighted by Crippen LogP contribution is -2.36. The molecule has 2 heterocycles. The van der Waals surface area contributed by atoms with Crippen LogP contribution < -0.4 is 0 Å². The Labute approximate surface area is 149 Å². The smallest absolute Gasteiger partial charge is 0.253 e. The van der Waals surface area contributed by atoms with E-state index in [1.807, 2.05) is 0 Å². The summed E-state index contributed by atoms with van der Waals surface area (Å²) >= 11 is 5.68. The standard InChI is InChI=1S/C17H18ClFN4O2/c18-13-2-1-10(3-14(13)19)17(25)22-6-11-4-15(23-9-20-8-21-23)16(24)5-12(11)7-22/h1-3,8-9,11-12,15-16,24H,4-7H2/t11-,12+,15-,16-/m1/s1. The molecule has 0 radical (unpaired) electrons. The zero-order valence-corrected chi connectivity index (χ0v) is 14.2. The van der Waals surface area contributed by atoms with Crippen LogP contribution in [0.3, 0.4) is 0 Å². The fraction of sp³-hybridized carbons (Fsp3) is 0.471. The SMILES string of the molecule is O=C(c1ccc(Cl)c(F)c1)N1C[C@H]2C[C@@H](n3cncn3)[C@H](O)C[C@H]2C1. The van der Waals surface area contributed by atoms with Gasteiger partial charge in [0.15, 0.2) is 0 Å². The minimum Gasteiger partial charge on any atom is -0.391 e. The van der Waals surface area contributed by atoms with Gasteiger partial charge in [-0.05, 0) is 42.9 Å². The summed E-state index contributed by atoms with van der Waals surface area (Å²) in [6.45, 7) is 1.18. The van der Waals surface area contributed by atoms with Crippen molar-refractivity contribution in [2.75, 3.05) is 13.1 Å². The second kappa shape index (κ2) is 6.38. The molecule has 4 atom stereocenters. The number of aliphatic hydroxyl groups excluding tert-OH is 1. The summed E-state index contributed by atoms with van der Waals surface area (Å²) in [4.78, 5) is 18.4. The van der Waals surface area contributed by atoms with Crippen LogP contribution >= 0.6 is 11.6 Å². The lowest BCUT2D eigenvalue weighted by atomic mass is 9.77. The van der Waals surface area contributed by atoms with Crippen LogP contribution in [0.1, 0.15) is 29.2 Å². The number of hydrogen-bond donors (Lipinski definition) is 1. The summed E-state index contributed by atoms with van der Waals surface area (Å²) in [5.74, 6) is -0.253. The molecule has 8 heteroatoms. The Hall–Kier alpha value is -1.99. The minimum atomic E-state index is -0.592. The predicted octanol–water partition coefficient (Wildman–Crippen LogP) is 2.15. The Morgan fingerprint density at radius 2 is 2.04 bits per heavy atom. The normalized spacial score (nSPS) is 28.8. The van der Waals surface area contributed by atoms with Gasteiger partial charge in [-0.2, -0.15) is 5.10 Å². The van der Waals surface area contributed by atoms with E-state index in [1.54, 1.807) is 22.0 Å². The first-order valence-electron chi connectivity index (χ1n) is 8.29. The summed E-state index contributed by atoms with van der Waals surface area (Å²) in [6.07, 6.45) is 3.93. The van der Waals surface area contributed by atoms with Crippen LogP contribution in [0, 0.1) is 17.7 Å². The van der Waals surface area contributed by atoms with Gasteiger partial charge in [0.2, 0.25) is 0 Å². The molecule has 4 rings (SSSR count). The molecule has 0 spiro atoms. The van der Waals surface area contributed by atoms with E-state index in [0.717, 1.165) is 6.42 Å². The molecule has 0 bridgehead atoms. The molecule has 2 aromatic rings. The Bertz CT molecular complexity index is 785. The predicted molar refractivity (Wildman–Crippen MR) is 88.6 cm³/mol. The Morgan fingerprint density at radius 1 is 1.28 bits per heavy atom. The average Bonchev–Trinajstić information content (AvgIpc) is 3.25. The first-order valence-corrected chi connectivity index (χ1v) is 8.67. The molecule has 1 saturated heterocycles. The van der Waals surface area contributed by atoms with Crippen molar-refractivity contribution in [3.8, 4) is 0 Å². The number of halogens is 2. The molecule has 1 N–H and O–H groups in total. The summed E-state index contributed by atoms with van der Waals surface area (Å²) in [5, 5.41) is 14.6. The van der Waals surface area contributed by atoms with Gasteiger partial charge in [-0.25, -0.2) is 14.1 Å². The number of carbonyl (C=O) groups is 1. The maximum absolute atomic E-state index is 13.6. The number of benzene rings is 1. The van der Waals surface area contributed by atoms with Gasteiger partial charge in [0.1, 0.15) is 18.5 Å². The summed E-state index contributed by atoms with van der Waals surface area (Å²) < 4.78 is 15.3. The highest BCUT2D eigenvalue weighted by atomic mass is 35.5. The topological polar surface area (TPSA) is 71.2 Å². The van der Waals surface area contributed by atoms with E-state index in [1.165, 1.54) is 18.5 Å². The molecule has 2 fully saturated rings. The molecule has 0 unspecified atom stereocenters. The van der Waals surface area contributed by atoms with Crippen LogP contribution in [0.25, 0.3) is 0 Å². The van der Waals surface area contributed by atoms with E-state index >= 15 is 0 Å². The molecule has 25 heavy (non-hydrogen) atoms. The third-order valence-corrected chi connectivity index (χ3v) is 5.65. The molecular formula is C17H18ClFN4O2. The van der Waals surface area contributed by atoms with Crippen molar-refractivity contribution in [2.24, 2.45) is 11.8 Å². The van der Waals surface area contributed by atoms with Gasteiger partial charge in [-0.15, -0.1) is 0 Å². The fourth-order valence-electron chi connectivity index (χ4n) is 4.06. The number of hydrogen-bond acceptors (Lipinski definition) is 4. The summed E-state index contributed by atoms with van der Waals surface area (Å²) in [5.41, 5.74) is 0.300. The summed E-state index contributed by atoms with van der Waals surface area (Å²) in [7, 11) is 0. The minimum absolute atomic E-state index is 0.00503. The molecule has 1 saturated carbocycles. The van der Waals surface area contributed by atoms with Crippen molar-refractivity contribution < 1.29 is 14.3 Å². The molecular weight excluding hydrogens is 347 g/mol. The quantitative estimate of drug-likeness (QED) is 0.886. The maximum atomic E-state index is 13.6. The van der Waals surface area contributed by atoms with Crippen molar-refractivity contribution in [3.63, 3.8) is 0 Å². The van der Waals surface area contributed by atoms with E-state index in [2.05, 4.69) is 10.1 Å². The van der Waals surface area contributed by atoms with Crippen LogP contribution in [0.2, 0.25) is 5.02 Å². The average molecular weight is 365 g/mol. The first-order chi connectivity index (χ1) is 12.0. The van der Waals surface area contributed by atoms with Crippen molar-refractivity contribution in [1.82, 2.24) is 19.7 Å². The Morgan fingerprint density at radius 3 is 2.72 bits per heavy atom. The van der Waals surface area contributed by atoms with E-state index < -0.39 is 11.9 Å². The summed E-state index contributed by atoms with van der Waals surface area (Å²) in [6, 6.07) is 4.01. The number of rotatable bonds is 2. The van der Waals surface area contributed by atoms with Crippen LogP contribution in [0.5, 0.6) is 0 Å². The molecule has 132 valence electrons. The largest absolute Gasteiger partial charge is 0.391 e. The second-order valence-electron chi connectivity index (χ2n) is 6.84.